The van der Waals surface area contributed by atoms with Crippen LogP contribution in [0.2, 0.25) is 5.02 Å². The molecule has 1 saturated carbocycles. The average Bonchev–Trinajstić information content (AvgIpc) is 2.58. The highest BCUT2D eigenvalue weighted by Crippen LogP contribution is 2.27. The maximum Gasteiger partial charge on any atom is 0.273 e. The van der Waals surface area contributed by atoms with Crippen LogP contribution in [0.5, 0.6) is 5.75 Å². The topological polar surface area (TPSA) is 67.4 Å². The van der Waals surface area contributed by atoms with Gasteiger partial charge in [-0.3, -0.25) is 20.4 Å². The van der Waals surface area contributed by atoms with E-state index in [9.17, 15) is 9.59 Å². The van der Waals surface area contributed by atoms with Crippen molar-refractivity contribution in [1.82, 2.24) is 10.9 Å². The Bertz CT molecular complexity index is 557. The van der Waals surface area contributed by atoms with E-state index in [1.165, 1.54) is 45.3 Å². The first-order chi connectivity index (χ1) is 11.1. The highest BCUT2D eigenvalue weighted by Gasteiger charge is 2.16. The first-order valence-electron chi connectivity index (χ1n) is 8.03. The van der Waals surface area contributed by atoms with Gasteiger partial charge in [-0.1, -0.05) is 43.7 Å². The molecule has 1 aromatic rings. The van der Waals surface area contributed by atoms with Gasteiger partial charge >= 0.3 is 0 Å². The van der Waals surface area contributed by atoms with E-state index in [2.05, 4.69) is 10.9 Å². The number of methoxy groups -OCH3 is 1. The summed E-state index contributed by atoms with van der Waals surface area (Å²) >= 11 is 5.89. The quantitative estimate of drug-likeness (QED) is 0.808. The van der Waals surface area contributed by atoms with E-state index in [1.807, 2.05) is 0 Å². The molecule has 5 nitrogen and oxygen atoms in total. The third kappa shape index (κ3) is 5.43. The van der Waals surface area contributed by atoms with Gasteiger partial charge in [0, 0.05) is 11.4 Å². The van der Waals surface area contributed by atoms with Gasteiger partial charge in [-0.05, 0) is 30.5 Å². The summed E-state index contributed by atoms with van der Waals surface area (Å²) in [4.78, 5) is 24.0. The lowest BCUT2D eigenvalue weighted by Crippen LogP contribution is -2.41. The van der Waals surface area contributed by atoms with Crippen LogP contribution in [0.4, 0.5) is 0 Å². The first kappa shape index (κ1) is 17.6. The number of nitrogens with one attached hydrogen (secondary N) is 2. The molecule has 1 fully saturated rings. The Morgan fingerprint density at radius 2 is 1.96 bits per heavy atom. The number of hydrazine groups is 1. The second kappa shape index (κ2) is 8.77. The molecule has 2 amide bonds. The lowest BCUT2D eigenvalue weighted by molar-refractivity contribution is -0.122. The zero-order valence-corrected chi connectivity index (χ0v) is 14.1. The summed E-state index contributed by atoms with van der Waals surface area (Å²) in [6.45, 7) is 0. The molecule has 6 heteroatoms. The fraction of sp³-hybridized carbons (Fsp3) is 0.529. The van der Waals surface area contributed by atoms with Crippen LogP contribution in [0.3, 0.4) is 0 Å². The Balaban J connectivity index is 1.79. The lowest BCUT2D eigenvalue weighted by Gasteiger charge is -2.21. The fourth-order valence-electron chi connectivity index (χ4n) is 2.92. The minimum Gasteiger partial charge on any atom is -0.496 e. The van der Waals surface area contributed by atoms with E-state index in [0.717, 1.165) is 6.42 Å². The molecule has 0 radical (unpaired) electrons. The molecule has 1 aliphatic carbocycles. The number of hydrogen-bond donors (Lipinski definition) is 2. The summed E-state index contributed by atoms with van der Waals surface area (Å²) in [5.74, 6) is 0.418. The summed E-state index contributed by atoms with van der Waals surface area (Å²) in [5, 5.41) is 0.430. The highest BCUT2D eigenvalue weighted by atomic mass is 35.5. The van der Waals surface area contributed by atoms with E-state index < -0.39 is 5.91 Å². The Hall–Kier alpha value is -1.75. The number of halogens is 1. The van der Waals surface area contributed by atoms with Crippen LogP contribution in [0.1, 0.15) is 55.3 Å². The molecule has 0 aliphatic heterocycles. The second-order valence-corrected chi connectivity index (χ2v) is 6.33. The Labute approximate surface area is 141 Å². The molecule has 23 heavy (non-hydrogen) atoms. The minimum absolute atomic E-state index is 0.176. The molecule has 1 aliphatic rings. The summed E-state index contributed by atoms with van der Waals surface area (Å²) in [6.07, 6.45) is 7.55. The van der Waals surface area contributed by atoms with E-state index in [1.54, 1.807) is 12.1 Å². The molecule has 0 atom stereocenters. The van der Waals surface area contributed by atoms with Gasteiger partial charge in [-0.15, -0.1) is 0 Å². The number of ether oxygens (including phenoxy) is 1. The number of benzene rings is 1. The summed E-state index contributed by atoms with van der Waals surface area (Å²) in [6, 6.07) is 4.76. The summed E-state index contributed by atoms with van der Waals surface area (Å²) < 4.78 is 5.12. The number of carbonyl (C=O) groups excluding carboxylic acids is 2. The summed E-state index contributed by atoms with van der Waals surface area (Å²) in [7, 11) is 1.47. The molecule has 0 aromatic heterocycles. The van der Waals surface area contributed by atoms with Crippen LogP contribution in [-0.4, -0.2) is 18.9 Å². The zero-order valence-electron chi connectivity index (χ0n) is 13.4. The molecular formula is C17H23ClN2O3. The van der Waals surface area contributed by atoms with Crippen LogP contribution < -0.4 is 15.6 Å². The van der Waals surface area contributed by atoms with Gasteiger partial charge in [0.1, 0.15) is 5.75 Å². The first-order valence-corrected chi connectivity index (χ1v) is 8.40. The minimum atomic E-state index is -0.449. The zero-order chi connectivity index (χ0) is 16.7. The van der Waals surface area contributed by atoms with Gasteiger partial charge < -0.3 is 4.74 Å². The number of hydrogen-bond acceptors (Lipinski definition) is 3. The molecule has 0 unspecified atom stereocenters. The molecule has 1 aromatic carbocycles. The van der Waals surface area contributed by atoms with E-state index >= 15 is 0 Å². The van der Waals surface area contributed by atoms with Crippen molar-refractivity contribution in [2.24, 2.45) is 5.92 Å². The van der Waals surface area contributed by atoms with Gasteiger partial charge in [0.15, 0.2) is 0 Å². The van der Waals surface area contributed by atoms with E-state index in [4.69, 9.17) is 16.3 Å². The molecule has 2 N–H and O–H groups in total. The van der Waals surface area contributed by atoms with Crippen LogP contribution in [0.15, 0.2) is 18.2 Å². The third-order valence-electron chi connectivity index (χ3n) is 4.23. The van der Waals surface area contributed by atoms with Crippen molar-refractivity contribution in [3.05, 3.63) is 28.8 Å². The van der Waals surface area contributed by atoms with E-state index in [-0.39, 0.29) is 11.5 Å². The highest BCUT2D eigenvalue weighted by molar-refractivity contribution is 6.31. The van der Waals surface area contributed by atoms with Gasteiger partial charge in [-0.2, -0.15) is 0 Å². The average molecular weight is 339 g/mol. The molecule has 0 bridgehead atoms. The SMILES string of the molecule is COc1ccc(Cl)cc1C(=O)NNC(=O)CCC1CCCCC1. The largest absolute Gasteiger partial charge is 0.496 e. The van der Waals surface area contributed by atoms with Gasteiger partial charge in [-0.25, -0.2) is 0 Å². The molecule has 0 spiro atoms. The van der Waals surface area contributed by atoms with Gasteiger partial charge in [0.25, 0.3) is 5.91 Å². The molecule has 0 saturated heterocycles. The lowest BCUT2D eigenvalue weighted by atomic mass is 9.86. The van der Waals surface area contributed by atoms with Crippen molar-refractivity contribution in [3.8, 4) is 5.75 Å². The van der Waals surface area contributed by atoms with Crippen molar-refractivity contribution in [2.45, 2.75) is 44.9 Å². The number of amides is 2. The Kier molecular flexibility index (Phi) is 6.71. The monoisotopic (exact) mass is 338 g/mol. The second-order valence-electron chi connectivity index (χ2n) is 5.89. The Morgan fingerprint density at radius 3 is 2.65 bits per heavy atom. The van der Waals surface area contributed by atoms with Crippen molar-refractivity contribution >= 4 is 23.4 Å². The standard InChI is InChI=1S/C17H23ClN2O3/c1-23-15-9-8-13(18)11-14(15)17(22)20-19-16(21)10-7-12-5-3-2-4-6-12/h8-9,11-12H,2-7,10H2,1H3,(H,19,21)(H,20,22). The number of carbonyl (C=O) groups is 2. The van der Waals surface area contributed by atoms with Crippen molar-refractivity contribution < 1.29 is 14.3 Å². The molecular weight excluding hydrogens is 316 g/mol. The number of rotatable bonds is 5. The van der Waals surface area contributed by atoms with Crippen LogP contribution in [-0.2, 0) is 4.79 Å². The maximum absolute atomic E-state index is 12.1. The van der Waals surface area contributed by atoms with E-state index in [0.29, 0.717) is 23.1 Å². The third-order valence-corrected chi connectivity index (χ3v) is 4.46. The molecule has 126 valence electrons. The predicted molar refractivity (Wildman–Crippen MR) is 89.4 cm³/mol. The summed E-state index contributed by atoms with van der Waals surface area (Å²) in [5.41, 5.74) is 5.15. The fourth-order valence-corrected chi connectivity index (χ4v) is 3.10. The van der Waals surface area contributed by atoms with Gasteiger partial charge in [0.05, 0.1) is 12.7 Å². The van der Waals surface area contributed by atoms with Crippen molar-refractivity contribution in [1.29, 1.82) is 0 Å². The van der Waals surface area contributed by atoms with Gasteiger partial charge in [0.2, 0.25) is 5.91 Å². The van der Waals surface area contributed by atoms with Crippen LogP contribution in [0, 0.1) is 5.92 Å². The maximum atomic E-state index is 12.1. The molecule has 0 heterocycles. The van der Waals surface area contributed by atoms with Crippen LogP contribution >= 0.6 is 11.6 Å². The van der Waals surface area contributed by atoms with Crippen molar-refractivity contribution in [2.75, 3.05) is 7.11 Å². The Morgan fingerprint density at radius 1 is 1.22 bits per heavy atom. The van der Waals surface area contributed by atoms with Crippen molar-refractivity contribution in [3.63, 3.8) is 0 Å². The van der Waals surface area contributed by atoms with Crippen LogP contribution in [0.25, 0.3) is 0 Å². The predicted octanol–water partition coefficient (Wildman–Crippen LogP) is 3.47. The smallest absolute Gasteiger partial charge is 0.273 e. The normalized spacial score (nSPS) is 15.0. The molecule has 2 rings (SSSR count).